The Morgan fingerprint density at radius 1 is 0.844 bits per heavy atom. The highest BCUT2D eigenvalue weighted by Gasteiger charge is 2.25. The number of carbonyl (C=O) groups excluding carboxylic acids is 1. The molecule has 180 valence electrons. The minimum atomic E-state index is -0.364. The summed E-state index contributed by atoms with van der Waals surface area (Å²) in [6.07, 6.45) is 20.8. The van der Waals surface area contributed by atoms with E-state index in [2.05, 4.69) is 19.1 Å². The molecule has 1 saturated heterocycles. The van der Waals surface area contributed by atoms with E-state index < -0.39 is 0 Å². The molecule has 0 radical (unpaired) electrons. The highest BCUT2D eigenvalue weighted by molar-refractivity contribution is 5.69. The Morgan fingerprint density at radius 3 is 2.03 bits per heavy atom. The van der Waals surface area contributed by atoms with Crippen LogP contribution in [-0.4, -0.2) is 25.3 Å². The maximum atomic E-state index is 12.1. The van der Waals surface area contributed by atoms with Crippen molar-refractivity contribution in [1.82, 2.24) is 0 Å². The molecule has 4 heteroatoms. The molecule has 4 nitrogen and oxygen atoms in total. The number of hydrogen-bond donors (Lipinski definition) is 0. The zero-order valence-electron chi connectivity index (χ0n) is 20.1. The second-order valence-electron chi connectivity index (χ2n) is 8.86. The predicted molar refractivity (Wildman–Crippen MR) is 130 cm³/mol. The van der Waals surface area contributed by atoms with Gasteiger partial charge in [-0.05, 0) is 32.1 Å². The topological polar surface area (TPSA) is 44.8 Å². The van der Waals surface area contributed by atoms with Gasteiger partial charge >= 0.3 is 5.97 Å². The smallest absolute Gasteiger partial charge is 0.306 e. The number of ether oxygens (including phenoxy) is 3. The molecule has 1 aromatic carbocycles. The second kappa shape index (κ2) is 17.9. The number of allylic oxidation sites excluding steroid dienone is 2. The summed E-state index contributed by atoms with van der Waals surface area (Å²) in [6, 6.07) is 9.84. The van der Waals surface area contributed by atoms with Crippen molar-refractivity contribution in [3.05, 3.63) is 48.0 Å². The van der Waals surface area contributed by atoms with Gasteiger partial charge in [-0.2, -0.15) is 0 Å². The third-order valence-electron chi connectivity index (χ3n) is 5.88. The van der Waals surface area contributed by atoms with E-state index in [9.17, 15) is 4.79 Å². The Balaban J connectivity index is 1.37. The van der Waals surface area contributed by atoms with Crippen LogP contribution in [0.15, 0.2) is 42.5 Å². The Morgan fingerprint density at radius 2 is 1.41 bits per heavy atom. The number of esters is 1. The predicted octanol–water partition coefficient (Wildman–Crippen LogP) is 7.68. The summed E-state index contributed by atoms with van der Waals surface area (Å²) in [7, 11) is 0. The molecule has 1 aliphatic heterocycles. The lowest BCUT2D eigenvalue weighted by Gasteiger charge is -2.29. The van der Waals surface area contributed by atoms with Gasteiger partial charge in [0.15, 0.2) is 6.29 Å². The van der Waals surface area contributed by atoms with E-state index in [1.54, 1.807) is 0 Å². The first-order valence-corrected chi connectivity index (χ1v) is 12.9. The van der Waals surface area contributed by atoms with Crippen LogP contribution in [0.4, 0.5) is 0 Å². The maximum Gasteiger partial charge on any atom is 0.306 e. The summed E-state index contributed by atoms with van der Waals surface area (Å²) in [5, 5.41) is 0. The summed E-state index contributed by atoms with van der Waals surface area (Å²) in [5.74, 6) is -0.141. The van der Waals surface area contributed by atoms with Crippen molar-refractivity contribution in [3.8, 4) is 0 Å². The molecule has 0 unspecified atom stereocenters. The first kappa shape index (κ1) is 26.6. The van der Waals surface area contributed by atoms with Crippen LogP contribution >= 0.6 is 0 Å². The van der Waals surface area contributed by atoms with Gasteiger partial charge in [0.05, 0.1) is 13.2 Å². The third-order valence-corrected chi connectivity index (χ3v) is 5.88. The quantitative estimate of drug-likeness (QED) is 0.140. The fourth-order valence-electron chi connectivity index (χ4n) is 3.94. The molecule has 0 aliphatic carbocycles. The summed E-state index contributed by atoms with van der Waals surface area (Å²) in [5.41, 5.74) is 0.991. The average Bonchev–Trinajstić information content (AvgIpc) is 2.82. The van der Waals surface area contributed by atoms with Gasteiger partial charge < -0.3 is 14.2 Å². The molecule has 1 fully saturated rings. The molecule has 1 aliphatic rings. The lowest BCUT2D eigenvalue weighted by molar-refractivity contribution is -0.229. The van der Waals surface area contributed by atoms with Gasteiger partial charge in [-0.25, -0.2) is 0 Å². The van der Waals surface area contributed by atoms with Crippen LogP contribution in [0.25, 0.3) is 0 Å². The molecule has 1 heterocycles. The normalized spacial score (nSPS) is 18.8. The van der Waals surface area contributed by atoms with E-state index in [0.717, 1.165) is 18.4 Å². The Bertz CT molecular complexity index is 605. The molecule has 0 bridgehead atoms. The van der Waals surface area contributed by atoms with Crippen LogP contribution in [0.2, 0.25) is 0 Å². The molecular weight excluding hydrogens is 400 g/mol. The highest BCUT2D eigenvalue weighted by atomic mass is 16.7. The number of carbonyl (C=O) groups is 1. The first-order chi connectivity index (χ1) is 15.8. The molecule has 0 aromatic heterocycles. The van der Waals surface area contributed by atoms with Crippen LogP contribution in [0.5, 0.6) is 0 Å². The minimum Gasteiger partial charge on any atom is -0.457 e. The lowest BCUT2D eigenvalue weighted by Crippen LogP contribution is -2.35. The van der Waals surface area contributed by atoms with Gasteiger partial charge in [-0.3, -0.25) is 4.79 Å². The van der Waals surface area contributed by atoms with Crippen molar-refractivity contribution < 1.29 is 19.0 Å². The number of benzene rings is 1. The van der Waals surface area contributed by atoms with Crippen molar-refractivity contribution in [2.24, 2.45) is 0 Å². The number of rotatable bonds is 17. The monoisotopic (exact) mass is 444 g/mol. The van der Waals surface area contributed by atoms with Gasteiger partial charge in [0.2, 0.25) is 0 Å². The average molecular weight is 445 g/mol. The zero-order chi connectivity index (χ0) is 22.7. The second-order valence-corrected chi connectivity index (χ2v) is 8.86. The lowest BCUT2D eigenvalue weighted by atomic mass is 10.1. The van der Waals surface area contributed by atoms with Crippen molar-refractivity contribution in [2.45, 2.75) is 109 Å². The molecule has 0 N–H and O–H groups in total. The van der Waals surface area contributed by atoms with E-state index in [0.29, 0.717) is 19.6 Å². The van der Waals surface area contributed by atoms with Crippen molar-refractivity contribution >= 4 is 5.97 Å². The van der Waals surface area contributed by atoms with Crippen molar-refractivity contribution in [2.75, 3.05) is 13.2 Å². The first-order valence-electron chi connectivity index (χ1n) is 12.9. The molecular formula is C28H44O4. The van der Waals surface area contributed by atoms with Crippen LogP contribution in [0, 0.1) is 0 Å². The van der Waals surface area contributed by atoms with E-state index in [1.165, 1.54) is 70.6 Å². The van der Waals surface area contributed by atoms with Gasteiger partial charge in [-0.15, -0.1) is 0 Å². The fourth-order valence-corrected chi connectivity index (χ4v) is 3.94. The standard InChI is InChI=1S/C28H44O4/c1-2-3-4-5-6-7-8-9-10-11-12-13-14-15-19-22-27(29)32-26-23-30-28(31-24-26)25-20-17-16-18-21-25/h9-10,16-18,20-21,26,28H,2-8,11-15,19,22-24H2,1H3. The molecule has 0 spiro atoms. The van der Waals surface area contributed by atoms with Gasteiger partial charge in [0.1, 0.15) is 6.10 Å². The molecule has 2 rings (SSSR count). The zero-order valence-corrected chi connectivity index (χ0v) is 20.1. The van der Waals surface area contributed by atoms with Gasteiger partial charge in [0, 0.05) is 12.0 Å². The van der Waals surface area contributed by atoms with E-state index in [4.69, 9.17) is 14.2 Å². The van der Waals surface area contributed by atoms with Crippen LogP contribution in [-0.2, 0) is 19.0 Å². The molecule has 0 saturated carbocycles. The van der Waals surface area contributed by atoms with Gasteiger partial charge in [0.25, 0.3) is 0 Å². The number of unbranched alkanes of at least 4 members (excludes halogenated alkanes) is 11. The fraction of sp³-hybridized carbons (Fsp3) is 0.679. The summed E-state index contributed by atoms with van der Waals surface area (Å²) < 4.78 is 16.9. The van der Waals surface area contributed by atoms with Gasteiger partial charge in [-0.1, -0.05) is 101 Å². The Hall–Kier alpha value is -1.65. The Kier molecular flexibility index (Phi) is 14.8. The summed E-state index contributed by atoms with van der Waals surface area (Å²) in [4.78, 5) is 12.1. The largest absolute Gasteiger partial charge is 0.457 e. The van der Waals surface area contributed by atoms with E-state index >= 15 is 0 Å². The summed E-state index contributed by atoms with van der Waals surface area (Å²) in [6.45, 7) is 3.04. The Labute approximate surface area is 195 Å². The highest BCUT2D eigenvalue weighted by Crippen LogP contribution is 2.23. The van der Waals surface area contributed by atoms with E-state index in [-0.39, 0.29) is 18.4 Å². The maximum absolute atomic E-state index is 12.1. The third kappa shape index (κ3) is 12.4. The molecule has 1 aromatic rings. The van der Waals surface area contributed by atoms with Crippen LogP contribution in [0.3, 0.4) is 0 Å². The molecule has 0 amide bonds. The van der Waals surface area contributed by atoms with Crippen molar-refractivity contribution in [3.63, 3.8) is 0 Å². The number of hydrogen-bond acceptors (Lipinski definition) is 4. The van der Waals surface area contributed by atoms with Crippen LogP contribution < -0.4 is 0 Å². The summed E-state index contributed by atoms with van der Waals surface area (Å²) >= 11 is 0. The van der Waals surface area contributed by atoms with E-state index in [1.807, 2.05) is 30.3 Å². The molecule has 0 atom stereocenters. The molecule has 32 heavy (non-hydrogen) atoms. The SMILES string of the molecule is CCCCCCCCC=CCCCCCCCC(=O)OC1COC(c2ccccc2)OC1. The minimum absolute atomic E-state index is 0.141. The van der Waals surface area contributed by atoms with Crippen molar-refractivity contribution in [1.29, 1.82) is 0 Å². The van der Waals surface area contributed by atoms with Crippen LogP contribution in [0.1, 0.15) is 109 Å².